The Morgan fingerprint density at radius 3 is 2.52 bits per heavy atom. The number of benzene rings is 1. The van der Waals surface area contributed by atoms with E-state index in [1.807, 2.05) is 0 Å². The average molecular weight is 357 g/mol. The number of hydrogen-bond donors (Lipinski definition) is 1. The first kappa shape index (κ1) is 18.8. The molecule has 136 valence electrons. The number of alkyl halides is 3. The molecule has 0 aliphatic rings. The second-order valence-electron chi connectivity index (χ2n) is 5.60. The van der Waals surface area contributed by atoms with Gasteiger partial charge in [-0.15, -0.1) is 13.2 Å². The molecule has 1 unspecified atom stereocenters. The van der Waals surface area contributed by atoms with Gasteiger partial charge in [0.25, 0.3) is 0 Å². The molecule has 1 amide bonds. The zero-order chi connectivity index (χ0) is 18.6. The lowest BCUT2D eigenvalue weighted by molar-refractivity contribution is -0.274. The summed E-state index contributed by atoms with van der Waals surface area (Å²) in [4.78, 5) is 13.9. The molecule has 25 heavy (non-hydrogen) atoms. The average Bonchev–Trinajstić information content (AvgIpc) is 2.92. The molecule has 2 rings (SSSR count). The Morgan fingerprint density at radius 1 is 1.36 bits per heavy atom. The number of carbonyl (C=O) groups is 1. The van der Waals surface area contributed by atoms with Crippen molar-refractivity contribution in [1.29, 1.82) is 0 Å². The van der Waals surface area contributed by atoms with Gasteiger partial charge in [0.1, 0.15) is 5.75 Å². The summed E-state index contributed by atoms with van der Waals surface area (Å²) in [6.45, 7) is 3.82. The first-order valence-corrected chi connectivity index (χ1v) is 7.43. The van der Waals surface area contributed by atoms with Crippen LogP contribution in [0.15, 0.2) is 34.9 Å². The van der Waals surface area contributed by atoms with Gasteiger partial charge in [-0.25, -0.2) is 0 Å². The maximum absolute atomic E-state index is 12.2. The number of amides is 1. The molecule has 0 saturated heterocycles. The van der Waals surface area contributed by atoms with E-state index >= 15 is 0 Å². The molecule has 0 aliphatic carbocycles. The Morgan fingerprint density at radius 2 is 2.00 bits per heavy atom. The van der Waals surface area contributed by atoms with Gasteiger partial charge in [-0.1, -0.05) is 17.3 Å². The number of hydrogen-bond acceptors (Lipinski definition) is 5. The van der Waals surface area contributed by atoms with Crippen molar-refractivity contribution in [2.45, 2.75) is 32.8 Å². The van der Waals surface area contributed by atoms with Crippen LogP contribution in [0.3, 0.4) is 0 Å². The van der Waals surface area contributed by atoms with Gasteiger partial charge in [0.2, 0.25) is 11.8 Å². The number of likely N-dealkylation sites (N-methyl/N-ethyl adjacent to an activating group) is 1. The summed E-state index contributed by atoms with van der Waals surface area (Å²) in [5.41, 5.74) is 1.39. The molecule has 2 aromatic rings. The second kappa shape index (κ2) is 7.56. The highest BCUT2D eigenvalue weighted by Crippen LogP contribution is 2.23. The fraction of sp³-hybridized carbons (Fsp3) is 0.375. The van der Waals surface area contributed by atoms with Crippen LogP contribution in [0.1, 0.15) is 18.2 Å². The lowest BCUT2D eigenvalue weighted by atomic mass is 10.2. The number of nitrogens with one attached hydrogen (secondary N) is 1. The van der Waals surface area contributed by atoms with Gasteiger partial charge < -0.3 is 9.26 Å². The van der Waals surface area contributed by atoms with Crippen molar-refractivity contribution >= 4 is 11.8 Å². The Hall–Kier alpha value is -2.55. The van der Waals surface area contributed by atoms with Gasteiger partial charge in [0, 0.05) is 12.6 Å². The van der Waals surface area contributed by atoms with Crippen LogP contribution >= 0.6 is 0 Å². The van der Waals surface area contributed by atoms with E-state index in [1.54, 1.807) is 31.9 Å². The summed E-state index contributed by atoms with van der Waals surface area (Å²) in [6.07, 6.45) is -4.72. The summed E-state index contributed by atoms with van der Waals surface area (Å²) in [5.74, 6) is -0.308. The van der Waals surface area contributed by atoms with Crippen LogP contribution in [-0.2, 0) is 11.3 Å². The molecule has 6 nitrogen and oxygen atoms in total. The first-order valence-electron chi connectivity index (χ1n) is 7.43. The largest absolute Gasteiger partial charge is 0.573 e. The predicted molar refractivity (Wildman–Crippen MR) is 83.9 cm³/mol. The minimum absolute atomic E-state index is 0.261. The maximum atomic E-state index is 12.2. The van der Waals surface area contributed by atoms with E-state index < -0.39 is 12.4 Å². The smallest absolute Gasteiger partial charge is 0.406 e. The van der Waals surface area contributed by atoms with Crippen molar-refractivity contribution in [1.82, 2.24) is 10.1 Å². The Labute approximate surface area is 142 Å². The normalized spacial score (nSPS) is 12.9. The molecule has 1 aromatic carbocycles. The van der Waals surface area contributed by atoms with Gasteiger partial charge in [-0.3, -0.25) is 15.0 Å². The third kappa shape index (κ3) is 5.79. The number of aryl methyl sites for hydroxylation is 1. The topological polar surface area (TPSA) is 67.6 Å². The third-order valence-corrected chi connectivity index (χ3v) is 3.50. The number of carbonyl (C=O) groups excluding carboxylic acids is 1. The summed E-state index contributed by atoms with van der Waals surface area (Å²) in [7, 11) is 1.73. The highest BCUT2D eigenvalue weighted by atomic mass is 19.4. The molecule has 0 saturated carbocycles. The molecule has 0 fully saturated rings. The second-order valence-corrected chi connectivity index (χ2v) is 5.60. The number of ether oxygens (including phenoxy) is 1. The highest BCUT2D eigenvalue weighted by molar-refractivity contribution is 5.93. The molecular formula is C16H18F3N3O3. The summed E-state index contributed by atoms with van der Waals surface area (Å²) < 4.78 is 45.2. The molecule has 0 radical (unpaired) electrons. The van der Waals surface area contributed by atoms with Crippen molar-refractivity contribution in [2.75, 3.05) is 12.4 Å². The van der Waals surface area contributed by atoms with Crippen molar-refractivity contribution in [3.63, 3.8) is 0 Å². The molecule has 0 bridgehead atoms. The van der Waals surface area contributed by atoms with Crippen LogP contribution in [0.25, 0.3) is 0 Å². The summed E-state index contributed by atoms with van der Waals surface area (Å²) >= 11 is 0. The minimum atomic E-state index is -4.72. The molecule has 1 aromatic heterocycles. The molecular weight excluding hydrogens is 339 g/mol. The van der Waals surface area contributed by atoms with Crippen LogP contribution in [0.5, 0.6) is 5.75 Å². The third-order valence-electron chi connectivity index (χ3n) is 3.50. The van der Waals surface area contributed by atoms with Crippen molar-refractivity contribution in [3.8, 4) is 5.75 Å². The van der Waals surface area contributed by atoms with E-state index in [9.17, 15) is 18.0 Å². The van der Waals surface area contributed by atoms with E-state index in [0.29, 0.717) is 12.2 Å². The molecule has 0 aliphatic heterocycles. The summed E-state index contributed by atoms with van der Waals surface area (Å²) in [5, 5.41) is 6.29. The first-order chi connectivity index (χ1) is 11.6. The zero-order valence-corrected chi connectivity index (χ0v) is 13.9. The minimum Gasteiger partial charge on any atom is -0.406 e. The molecule has 1 atom stereocenters. The Balaban J connectivity index is 1.91. The molecule has 9 heteroatoms. The van der Waals surface area contributed by atoms with Gasteiger partial charge in [-0.05, 0) is 38.6 Å². The maximum Gasteiger partial charge on any atom is 0.573 e. The zero-order valence-electron chi connectivity index (χ0n) is 13.9. The SMILES string of the molecule is Cc1cc(NC(=O)C(C)N(C)Cc2ccc(OC(F)(F)F)cc2)on1. The molecule has 0 spiro atoms. The number of aromatic nitrogens is 1. The van der Waals surface area contributed by atoms with Crippen LogP contribution in [-0.4, -0.2) is 35.4 Å². The number of anilines is 1. The fourth-order valence-electron chi connectivity index (χ4n) is 2.07. The fourth-order valence-corrected chi connectivity index (χ4v) is 2.07. The molecule has 1 heterocycles. The van der Waals surface area contributed by atoms with Gasteiger partial charge in [-0.2, -0.15) is 0 Å². The van der Waals surface area contributed by atoms with Crippen molar-refractivity contribution in [2.24, 2.45) is 0 Å². The van der Waals surface area contributed by atoms with E-state index in [2.05, 4.69) is 15.2 Å². The van der Waals surface area contributed by atoms with E-state index in [0.717, 1.165) is 5.56 Å². The lowest BCUT2D eigenvalue weighted by Gasteiger charge is -2.23. The number of nitrogens with zero attached hydrogens (tertiary/aromatic N) is 2. The van der Waals surface area contributed by atoms with E-state index in [1.165, 1.54) is 24.3 Å². The Bertz CT molecular complexity index is 713. The van der Waals surface area contributed by atoms with Crippen molar-refractivity contribution in [3.05, 3.63) is 41.6 Å². The highest BCUT2D eigenvalue weighted by Gasteiger charge is 2.31. The van der Waals surface area contributed by atoms with Crippen LogP contribution in [0.2, 0.25) is 0 Å². The molecule has 1 N–H and O–H groups in total. The Kier molecular flexibility index (Phi) is 5.68. The summed E-state index contributed by atoms with van der Waals surface area (Å²) in [6, 6.07) is 6.61. The standard InChI is InChI=1S/C16H18F3N3O3/c1-10-8-14(25-21-10)20-15(23)11(2)22(3)9-12-4-6-13(7-5-12)24-16(17,18)19/h4-8,11H,9H2,1-3H3,(H,20,23). The lowest BCUT2D eigenvalue weighted by Crippen LogP contribution is -2.39. The van der Waals surface area contributed by atoms with Gasteiger partial charge in [0.15, 0.2) is 0 Å². The van der Waals surface area contributed by atoms with Crippen molar-refractivity contribution < 1.29 is 27.2 Å². The predicted octanol–water partition coefficient (Wildman–Crippen LogP) is 3.34. The monoisotopic (exact) mass is 357 g/mol. The van der Waals surface area contributed by atoms with E-state index in [-0.39, 0.29) is 17.5 Å². The number of rotatable bonds is 6. The van der Waals surface area contributed by atoms with Crippen LogP contribution < -0.4 is 10.1 Å². The number of halogens is 3. The quantitative estimate of drug-likeness (QED) is 0.859. The van der Waals surface area contributed by atoms with Gasteiger partial charge >= 0.3 is 6.36 Å². The van der Waals surface area contributed by atoms with Crippen LogP contribution in [0, 0.1) is 6.92 Å². The van der Waals surface area contributed by atoms with Gasteiger partial charge in [0.05, 0.1) is 11.7 Å². The van der Waals surface area contributed by atoms with Crippen LogP contribution in [0.4, 0.5) is 19.1 Å². The van der Waals surface area contributed by atoms with E-state index in [4.69, 9.17) is 4.52 Å².